The Morgan fingerprint density at radius 2 is 2.00 bits per heavy atom. The second-order valence-corrected chi connectivity index (χ2v) is 4.13. The number of pyridine rings is 1. The maximum absolute atomic E-state index is 10.4. The van der Waals surface area contributed by atoms with Crippen LogP contribution in [0.25, 0.3) is 0 Å². The van der Waals surface area contributed by atoms with E-state index in [1.807, 2.05) is 31.2 Å². The molecule has 0 amide bonds. The van der Waals surface area contributed by atoms with Crippen molar-refractivity contribution in [1.82, 2.24) is 4.98 Å². The van der Waals surface area contributed by atoms with Crippen LogP contribution in [0.1, 0.15) is 22.8 Å². The highest BCUT2D eigenvalue weighted by Gasteiger charge is 2.18. The first-order valence-electron chi connectivity index (χ1n) is 5.66. The van der Waals surface area contributed by atoms with E-state index in [1.165, 1.54) is 0 Å². The minimum Gasteiger partial charge on any atom is -0.496 e. The number of hydrogen-bond donors (Lipinski definition) is 2. The van der Waals surface area contributed by atoms with Crippen LogP contribution in [0.5, 0.6) is 5.75 Å². The molecule has 0 aliphatic carbocycles. The fraction of sp³-hybridized carbons (Fsp3) is 0.214. The molecule has 0 saturated heterocycles. The third kappa shape index (κ3) is 2.28. The number of aliphatic hydroxyl groups is 1. The van der Waals surface area contributed by atoms with E-state index in [2.05, 4.69) is 4.98 Å². The molecule has 18 heavy (non-hydrogen) atoms. The van der Waals surface area contributed by atoms with Crippen LogP contribution in [0, 0.1) is 6.92 Å². The van der Waals surface area contributed by atoms with E-state index in [4.69, 9.17) is 10.5 Å². The number of nitrogen functional groups attached to an aromatic ring is 1. The molecule has 1 aromatic carbocycles. The number of aromatic nitrogens is 1. The van der Waals surface area contributed by atoms with Gasteiger partial charge in [-0.3, -0.25) is 0 Å². The zero-order chi connectivity index (χ0) is 13.1. The normalized spacial score (nSPS) is 12.2. The van der Waals surface area contributed by atoms with Crippen molar-refractivity contribution < 1.29 is 9.84 Å². The highest BCUT2D eigenvalue weighted by molar-refractivity contribution is 5.49. The number of nitrogens with two attached hydrogens (primary N) is 1. The van der Waals surface area contributed by atoms with E-state index in [0.29, 0.717) is 22.7 Å². The van der Waals surface area contributed by atoms with Crippen LogP contribution in [0.15, 0.2) is 36.5 Å². The maximum atomic E-state index is 10.4. The Kier molecular flexibility index (Phi) is 3.48. The summed E-state index contributed by atoms with van der Waals surface area (Å²) in [5.41, 5.74) is 8.04. The summed E-state index contributed by atoms with van der Waals surface area (Å²) in [6, 6.07) is 9.15. The standard InChI is InChI=1S/C14H16N2O2/c1-9-7-11(14(15)16-8-9)13(17)10-5-3-4-6-12(10)18-2/h3-8,13,17H,1-2H3,(H2,15,16). The number of nitrogens with zero attached hydrogens (tertiary/aromatic N) is 1. The molecule has 94 valence electrons. The average Bonchev–Trinajstić information content (AvgIpc) is 2.40. The number of methoxy groups -OCH3 is 1. The quantitative estimate of drug-likeness (QED) is 0.867. The lowest BCUT2D eigenvalue weighted by Crippen LogP contribution is -2.07. The number of anilines is 1. The Morgan fingerprint density at radius 1 is 1.28 bits per heavy atom. The summed E-state index contributed by atoms with van der Waals surface area (Å²) in [6.07, 6.45) is 0.835. The number of hydrogen-bond acceptors (Lipinski definition) is 4. The van der Waals surface area contributed by atoms with Crippen LogP contribution in [0.2, 0.25) is 0 Å². The second-order valence-electron chi connectivity index (χ2n) is 4.13. The molecular formula is C14H16N2O2. The van der Waals surface area contributed by atoms with Gasteiger partial charge in [0.25, 0.3) is 0 Å². The largest absolute Gasteiger partial charge is 0.496 e. The summed E-state index contributed by atoms with van der Waals surface area (Å²) in [6.45, 7) is 1.91. The number of rotatable bonds is 3. The van der Waals surface area contributed by atoms with Gasteiger partial charge in [0.15, 0.2) is 0 Å². The van der Waals surface area contributed by atoms with Crippen LogP contribution in [-0.2, 0) is 0 Å². The highest BCUT2D eigenvalue weighted by atomic mass is 16.5. The predicted molar refractivity (Wildman–Crippen MR) is 70.4 cm³/mol. The molecule has 0 aliphatic rings. The lowest BCUT2D eigenvalue weighted by atomic mass is 10.0. The topological polar surface area (TPSA) is 68.4 Å². The summed E-state index contributed by atoms with van der Waals surface area (Å²) in [5, 5.41) is 10.4. The number of benzene rings is 1. The summed E-state index contributed by atoms with van der Waals surface area (Å²) in [4.78, 5) is 4.06. The number of aryl methyl sites for hydroxylation is 1. The van der Waals surface area contributed by atoms with Crippen LogP contribution >= 0.6 is 0 Å². The molecular weight excluding hydrogens is 228 g/mol. The first-order chi connectivity index (χ1) is 8.63. The second kappa shape index (κ2) is 5.06. The van der Waals surface area contributed by atoms with E-state index >= 15 is 0 Å². The Bertz CT molecular complexity index is 555. The molecule has 2 aromatic rings. The lowest BCUT2D eigenvalue weighted by molar-refractivity contribution is 0.215. The number of aliphatic hydroxyl groups excluding tert-OH is 1. The van der Waals surface area contributed by atoms with Gasteiger partial charge in [-0.05, 0) is 24.6 Å². The van der Waals surface area contributed by atoms with Gasteiger partial charge in [0.1, 0.15) is 17.7 Å². The van der Waals surface area contributed by atoms with E-state index in [9.17, 15) is 5.11 Å². The van der Waals surface area contributed by atoms with E-state index in [-0.39, 0.29) is 0 Å². The smallest absolute Gasteiger partial charge is 0.129 e. The van der Waals surface area contributed by atoms with Crippen molar-refractivity contribution in [1.29, 1.82) is 0 Å². The molecule has 0 bridgehead atoms. The molecule has 0 spiro atoms. The van der Waals surface area contributed by atoms with Crippen LogP contribution in [-0.4, -0.2) is 17.2 Å². The first kappa shape index (κ1) is 12.4. The molecule has 1 atom stereocenters. The Labute approximate surface area is 106 Å². The Hall–Kier alpha value is -2.07. The molecule has 1 unspecified atom stereocenters. The number of para-hydroxylation sites is 1. The van der Waals surface area contributed by atoms with Crippen molar-refractivity contribution in [3.63, 3.8) is 0 Å². The third-order valence-electron chi connectivity index (χ3n) is 2.81. The van der Waals surface area contributed by atoms with Gasteiger partial charge < -0.3 is 15.6 Å². The van der Waals surface area contributed by atoms with Crippen molar-refractivity contribution in [2.45, 2.75) is 13.0 Å². The number of ether oxygens (including phenoxy) is 1. The van der Waals surface area contributed by atoms with Crippen molar-refractivity contribution in [3.05, 3.63) is 53.2 Å². The van der Waals surface area contributed by atoms with Gasteiger partial charge >= 0.3 is 0 Å². The van der Waals surface area contributed by atoms with Crippen molar-refractivity contribution >= 4 is 5.82 Å². The molecule has 0 aliphatic heterocycles. The third-order valence-corrected chi connectivity index (χ3v) is 2.81. The zero-order valence-corrected chi connectivity index (χ0v) is 10.4. The van der Waals surface area contributed by atoms with Gasteiger partial charge in [0.05, 0.1) is 7.11 Å². The van der Waals surface area contributed by atoms with Crippen molar-refractivity contribution in [2.24, 2.45) is 0 Å². The SMILES string of the molecule is COc1ccccc1C(O)c1cc(C)cnc1N. The Morgan fingerprint density at radius 3 is 2.72 bits per heavy atom. The van der Waals surface area contributed by atoms with Crippen LogP contribution < -0.4 is 10.5 Å². The van der Waals surface area contributed by atoms with Crippen LogP contribution in [0.4, 0.5) is 5.82 Å². The average molecular weight is 244 g/mol. The monoisotopic (exact) mass is 244 g/mol. The molecule has 2 rings (SSSR count). The minimum atomic E-state index is -0.839. The van der Waals surface area contributed by atoms with Gasteiger partial charge in [-0.1, -0.05) is 18.2 Å². The van der Waals surface area contributed by atoms with Gasteiger partial charge in [-0.25, -0.2) is 4.98 Å². The first-order valence-corrected chi connectivity index (χ1v) is 5.66. The van der Waals surface area contributed by atoms with E-state index < -0.39 is 6.10 Å². The summed E-state index contributed by atoms with van der Waals surface area (Å²) < 4.78 is 5.24. The summed E-state index contributed by atoms with van der Waals surface area (Å²) in [5.74, 6) is 0.963. The van der Waals surface area contributed by atoms with Gasteiger partial charge in [-0.15, -0.1) is 0 Å². The van der Waals surface area contributed by atoms with Crippen LogP contribution in [0.3, 0.4) is 0 Å². The van der Waals surface area contributed by atoms with Gasteiger partial charge in [0.2, 0.25) is 0 Å². The van der Waals surface area contributed by atoms with Crippen molar-refractivity contribution in [3.8, 4) is 5.75 Å². The van der Waals surface area contributed by atoms with Gasteiger partial charge in [0, 0.05) is 17.3 Å². The molecule has 1 heterocycles. The molecule has 4 heteroatoms. The molecule has 0 saturated carbocycles. The van der Waals surface area contributed by atoms with Gasteiger partial charge in [-0.2, -0.15) is 0 Å². The summed E-state index contributed by atoms with van der Waals surface area (Å²) >= 11 is 0. The molecule has 0 radical (unpaired) electrons. The zero-order valence-electron chi connectivity index (χ0n) is 10.4. The molecule has 1 aromatic heterocycles. The fourth-order valence-electron chi connectivity index (χ4n) is 1.88. The molecule has 4 nitrogen and oxygen atoms in total. The lowest BCUT2D eigenvalue weighted by Gasteiger charge is -2.16. The van der Waals surface area contributed by atoms with Crippen molar-refractivity contribution in [2.75, 3.05) is 12.8 Å². The van der Waals surface area contributed by atoms with E-state index in [0.717, 1.165) is 5.56 Å². The predicted octanol–water partition coefficient (Wildman–Crippen LogP) is 2.06. The summed E-state index contributed by atoms with van der Waals surface area (Å²) in [7, 11) is 1.57. The molecule has 0 fully saturated rings. The highest BCUT2D eigenvalue weighted by Crippen LogP contribution is 2.31. The molecule has 3 N–H and O–H groups in total. The maximum Gasteiger partial charge on any atom is 0.129 e. The minimum absolute atomic E-state index is 0.332. The fourth-order valence-corrected chi connectivity index (χ4v) is 1.88. The van der Waals surface area contributed by atoms with E-state index in [1.54, 1.807) is 19.4 Å². The Balaban J connectivity index is 2.47.